The number of carbonyl (C=O) groups excluding carboxylic acids is 1. The maximum Gasteiger partial charge on any atom is 0.256 e. The molecule has 0 fully saturated rings. The van der Waals surface area contributed by atoms with Gasteiger partial charge in [0.25, 0.3) is 5.91 Å². The Morgan fingerprint density at radius 2 is 1.80 bits per heavy atom. The van der Waals surface area contributed by atoms with Crippen molar-refractivity contribution in [2.75, 3.05) is 39.2 Å². The molecule has 1 atom stereocenters. The zero-order valence-corrected chi connectivity index (χ0v) is 16.4. The van der Waals surface area contributed by atoms with Gasteiger partial charge in [0, 0.05) is 18.8 Å². The van der Waals surface area contributed by atoms with Crippen LogP contribution >= 0.6 is 0 Å². The van der Waals surface area contributed by atoms with Crippen molar-refractivity contribution in [2.24, 2.45) is 0 Å². The maximum absolute atomic E-state index is 12.7. The Labute approximate surface area is 152 Å². The normalized spacial score (nSPS) is 13.5. The van der Waals surface area contributed by atoms with Gasteiger partial charge in [0.15, 0.2) is 0 Å². The molecule has 142 valence electrons. The quantitative estimate of drug-likeness (QED) is 0.620. The number of nitrogens with one attached hydrogen (secondary N) is 1. The van der Waals surface area contributed by atoms with E-state index in [4.69, 9.17) is 9.47 Å². The van der Waals surface area contributed by atoms with Crippen LogP contribution in [0.2, 0.25) is 0 Å². The highest BCUT2D eigenvalue weighted by molar-refractivity contribution is 5.97. The van der Waals surface area contributed by atoms with E-state index in [0.717, 1.165) is 43.7 Å². The highest BCUT2D eigenvalue weighted by atomic mass is 16.5. The molecule has 1 amide bonds. The Balaban J connectivity index is 2.63. The first kappa shape index (κ1) is 21.5. The first-order valence-electron chi connectivity index (χ1n) is 9.24. The smallest absolute Gasteiger partial charge is 0.256 e. The van der Waals surface area contributed by atoms with Crippen LogP contribution in [0.5, 0.6) is 5.75 Å². The van der Waals surface area contributed by atoms with Crippen molar-refractivity contribution in [1.29, 1.82) is 0 Å². The standard InChI is InChI=1S/C20H34N2O3/c1-6-8-13-20(3,25-15-7-2)19(23)21-17-9-11-18(12-10-17)24-16-14-22(4)5/h9-12H,6-8,13-16H2,1-5H3,(H,21,23)/t20-/m0/s1. The predicted octanol–water partition coefficient (Wildman–Crippen LogP) is 3.94. The van der Waals surface area contributed by atoms with Crippen molar-refractivity contribution in [1.82, 2.24) is 4.90 Å². The van der Waals surface area contributed by atoms with Crippen LogP contribution < -0.4 is 10.1 Å². The summed E-state index contributed by atoms with van der Waals surface area (Å²) in [5.41, 5.74) is -0.0276. The van der Waals surface area contributed by atoms with Crippen LogP contribution in [0.25, 0.3) is 0 Å². The summed E-state index contributed by atoms with van der Waals surface area (Å²) >= 11 is 0. The SMILES string of the molecule is CCCC[C@](C)(OCCC)C(=O)Nc1ccc(OCCN(C)C)cc1. The van der Waals surface area contributed by atoms with E-state index in [0.29, 0.717) is 13.2 Å². The fourth-order valence-electron chi connectivity index (χ4n) is 2.34. The molecule has 0 saturated heterocycles. The van der Waals surface area contributed by atoms with Crippen LogP contribution in [-0.2, 0) is 9.53 Å². The van der Waals surface area contributed by atoms with Crippen molar-refractivity contribution in [3.63, 3.8) is 0 Å². The van der Waals surface area contributed by atoms with Gasteiger partial charge in [0.05, 0.1) is 0 Å². The Hall–Kier alpha value is -1.59. The van der Waals surface area contributed by atoms with E-state index in [9.17, 15) is 4.79 Å². The summed E-state index contributed by atoms with van der Waals surface area (Å²) in [7, 11) is 4.02. The minimum absolute atomic E-state index is 0.0873. The van der Waals surface area contributed by atoms with Crippen molar-refractivity contribution < 1.29 is 14.3 Å². The van der Waals surface area contributed by atoms with Crippen LogP contribution in [0, 0.1) is 0 Å². The fraction of sp³-hybridized carbons (Fsp3) is 0.650. The maximum atomic E-state index is 12.7. The van der Waals surface area contributed by atoms with E-state index in [1.165, 1.54) is 0 Å². The van der Waals surface area contributed by atoms with Crippen LogP contribution in [-0.4, -0.2) is 50.3 Å². The van der Waals surface area contributed by atoms with Crippen molar-refractivity contribution >= 4 is 11.6 Å². The zero-order chi connectivity index (χ0) is 18.7. The van der Waals surface area contributed by atoms with Crippen LogP contribution in [0.15, 0.2) is 24.3 Å². The molecule has 0 aromatic heterocycles. The van der Waals surface area contributed by atoms with E-state index in [-0.39, 0.29) is 5.91 Å². The van der Waals surface area contributed by atoms with Gasteiger partial charge >= 0.3 is 0 Å². The Bertz CT molecular complexity index is 492. The lowest BCUT2D eigenvalue weighted by Gasteiger charge is -2.28. The predicted molar refractivity (Wildman–Crippen MR) is 103 cm³/mol. The lowest BCUT2D eigenvalue weighted by atomic mass is 9.97. The van der Waals surface area contributed by atoms with Crippen molar-refractivity contribution in [3.05, 3.63) is 24.3 Å². The Morgan fingerprint density at radius 1 is 1.12 bits per heavy atom. The number of rotatable bonds is 12. The van der Waals surface area contributed by atoms with Gasteiger partial charge in [-0.3, -0.25) is 4.79 Å². The number of nitrogens with zero attached hydrogens (tertiary/aromatic N) is 1. The van der Waals surface area contributed by atoms with Gasteiger partial charge < -0.3 is 19.7 Å². The number of anilines is 1. The van der Waals surface area contributed by atoms with Gasteiger partial charge in [-0.25, -0.2) is 0 Å². The second-order valence-corrected chi connectivity index (χ2v) is 6.81. The summed E-state index contributed by atoms with van der Waals surface area (Å²) in [5.74, 6) is 0.714. The van der Waals surface area contributed by atoms with Gasteiger partial charge in [-0.2, -0.15) is 0 Å². The minimum atomic E-state index is -0.785. The number of likely N-dealkylation sites (N-methyl/N-ethyl adjacent to an activating group) is 1. The average Bonchev–Trinajstić information content (AvgIpc) is 2.59. The molecule has 0 aliphatic heterocycles. The number of unbranched alkanes of at least 4 members (excludes halogenated alkanes) is 1. The molecule has 5 heteroatoms. The third-order valence-corrected chi connectivity index (χ3v) is 4.03. The molecule has 1 rings (SSSR count). The molecule has 25 heavy (non-hydrogen) atoms. The molecule has 0 saturated carbocycles. The lowest BCUT2D eigenvalue weighted by molar-refractivity contribution is -0.140. The van der Waals surface area contributed by atoms with Crippen molar-refractivity contribution in [2.45, 2.75) is 52.1 Å². The van der Waals surface area contributed by atoms with Crippen LogP contribution in [0.1, 0.15) is 46.5 Å². The zero-order valence-electron chi connectivity index (χ0n) is 16.4. The number of carbonyl (C=O) groups is 1. The highest BCUT2D eigenvalue weighted by Crippen LogP contribution is 2.23. The number of hydrogen-bond acceptors (Lipinski definition) is 4. The molecule has 1 aromatic rings. The molecule has 0 spiro atoms. The molecule has 0 bridgehead atoms. The molecule has 5 nitrogen and oxygen atoms in total. The third-order valence-electron chi connectivity index (χ3n) is 4.03. The summed E-state index contributed by atoms with van der Waals surface area (Å²) in [6, 6.07) is 7.48. The van der Waals surface area contributed by atoms with Crippen molar-refractivity contribution in [3.8, 4) is 5.75 Å². The number of ether oxygens (including phenoxy) is 2. The number of benzene rings is 1. The first-order valence-corrected chi connectivity index (χ1v) is 9.24. The van der Waals surface area contributed by atoms with E-state index in [1.807, 2.05) is 52.2 Å². The first-order chi connectivity index (χ1) is 11.9. The molecule has 0 heterocycles. The van der Waals surface area contributed by atoms with E-state index in [1.54, 1.807) is 0 Å². The van der Waals surface area contributed by atoms with Gasteiger partial charge in [-0.05, 0) is 58.1 Å². The molecule has 1 N–H and O–H groups in total. The second kappa shape index (κ2) is 11.1. The minimum Gasteiger partial charge on any atom is -0.492 e. The Morgan fingerprint density at radius 3 is 2.36 bits per heavy atom. The monoisotopic (exact) mass is 350 g/mol. The highest BCUT2D eigenvalue weighted by Gasteiger charge is 2.33. The topological polar surface area (TPSA) is 50.8 Å². The molecular formula is C20H34N2O3. The molecule has 1 aromatic carbocycles. The van der Waals surface area contributed by atoms with E-state index < -0.39 is 5.60 Å². The van der Waals surface area contributed by atoms with Gasteiger partial charge in [-0.15, -0.1) is 0 Å². The molecular weight excluding hydrogens is 316 g/mol. The Kier molecular flexibility index (Phi) is 9.53. The number of hydrogen-bond donors (Lipinski definition) is 1. The molecule has 0 aliphatic rings. The van der Waals surface area contributed by atoms with E-state index >= 15 is 0 Å². The molecule has 0 radical (unpaired) electrons. The average molecular weight is 351 g/mol. The summed E-state index contributed by atoms with van der Waals surface area (Å²) in [4.78, 5) is 14.8. The fourth-order valence-corrected chi connectivity index (χ4v) is 2.34. The second-order valence-electron chi connectivity index (χ2n) is 6.81. The molecule has 0 unspecified atom stereocenters. The lowest BCUT2D eigenvalue weighted by Crippen LogP contribution is -2.43. The van der Waals surface area contributed by atoms with Gasteiger partial charge in [-0.1, -0.05) is 26.7 Å². The summed E-state index contributed by atoms with van der Waals surface area (Å²) < 4.78 is 11.5. The van der Waals surface area contributed by atoms with Crippen LogP contribution in [0.4, 0.5) is 5.69 Å². The summed E-state index contributed by atoms with van der Waals surface area (Å²) in [6.07, 6.45) is 3.62. The van der Waals surface area contributed by atoms with Crippen LogP contribution in [0.3, 0.4) is 0 Å². The third kappa shape index (κ3) is 7.88. The van der Waals surface area contributed by atoms with E-state index in [2.05, 4.69) is 17.1 Å². The van der Waals surface area contributed by atoms with Gasteiger partial charge in [0.1, 0.15) is 18.0 Å². The summed E-state index contributed by atoms with van der Waals surface area (Å²) in [6.45, 7) is 8.14. The number of amides is 1. The molecule has 0 aliphatic carbocycles. The summed E-state index contributed by atoms with van der Waals surface area (Å²) in [5, 5.41) is 2.97. The van der Waals surface area contributed by atoms with Gasteiger partial charge in [0.2, 0.25) is 0 Å². The largest absolute Gasteiger partial charge is 0.492 e.